The lowest BCUT2D eigenvalue weighted by Gasteiger charge is -2.10. The molecular weight excluding hydrogens is 453 g/mol. The van der Waals surface area contributed by atoms with Gasteiger partial charge in [-0.05, 0) is 35.9 Å². The highest BCUT2D eigenvalue weighted by Crippen LogP contribution is 2.29. The number of carbonyl (C=O) groups is 1. The predicted octanol–water partition coefficient (Wildman–Crippen LogP) is 3.15. The standard InChI is InChI=1S/C25H20FN5O4/c1-34-14-20-23(16-7-9-17(26)10-8-16)24-27-13-19-21(31(24)28-20)11-12-30(25(19)33)29-22(32)15-35-18-5-3-2-4-6-18/h2-13H,14-15H2,1H3,(H,29,32). The van der Waals surface area contributed by atoms with Crippen molar-refractivity contribution in [2.24, 2.45) is 0 Å². The highest BCUT2D eigenvalue weighted by Gasteiger charge is 2.19. The van der Waals surface area contributed by atoms with Crippen molar-refractivity contribution in [3.8, 4) is 16.9 Å². The maximum absolute atomic E-state index is 13.5. The summed E-state index contributed by atoms with van der Waals surface area (Å²) >= 11 is 0. The number of rotatable bonds is 7. The first-order chi connectivity index (χ1) is 17.0. The van der Waals surface area contributed by atoms with E-state index in [-0.39, 0.29) is 24.4 Å². The van der Waals surface area contributed by atoms with Gasteiger partial charge in [-0.25, -0.2) is 18.6 Å². The zero-order valence-corrected chi connectivity index (χ0v) is 18.6. The summed E-state index contributed by atoms with van der Waals surface area (Å²) in [5, 5.41) is 4.86. The fraction of sp³-hybridized carbons (Fsp3) is 0.120. The number of nitrogens with one attached hydrogen (secondary N) is 1. The summed E-state index contributed by atoms with van der Waals surface area (Å²) in [7, 11) is 1.55. The first-order valence-electron chi connectivity index (χ1n) is 10.7. The monoisotopic (exact) mass is 473 g/mol. The lowest BCUT2D eigenvalue weighted by Crippen LogP contribution is -2.35. The average Bonchev–Trinajstić information content (AvgIpc) is 3.24. The third kappa shape index (κ3) is 4.34. The van der Waals surface area contributed by atoms with Crippen LogP contribution >= 0.6 is 0 Å². The van der Waals surface area contributed by atoms with Crippen molar-refractivity contribution in [3.05, 3.63) is 94.9 Å². The lowest BCUT2D eigenvalue weighted by atomic mass is 10.1. The molecule has 0 aliphatic heterocycles. The van der Waals surface area contributed by atoms with E-state index in [1.54, 1.807) is 54.1 Å². The summed E-state index contributed by atoms with van der Waals surface area (Å²) in [5.41, 5.74) is 5.03. The van der Waals surface area contributed by atoms with Gasteiger partial charge in [-0.1, -0.05) is 30.3 Å². The van der Waals surface area contributed by atoms with E-state index in [0.717, 1.165) is 10.2 Å². The lowest BCUT2D eigenvalue weighted by molar-refractivity contribution is -0.119. The largest absolute Gasteiger partial charge is 0.484 e. The van der Waals surface area contributed by atoms with Gasteiger partial charge < -0.3 is 9.47 Å². The Balaban J connectivity index is 1.50. The Hall–Kier alpha value is -4.57. The van der Waals surface area contributed by atoms with Gasteiger partial charge in [0.05, 0.1) is 28.8 Å². The zero-order chi connectivity index (χ0) is 24.4. The Labute approximate surface area is 198 Å². The number of halogens is 1. The molecule has 10 heteroatoms. The van der Waals surface area contributed by atoms with Crippen molar-refractivity contribution in [3.63, 3.8) is 0 Å². The molecule has 176 valence electrons. The molecule has 0 aliphatic carbocycles. The number of aromatic nitrogens is 4. The van der Waals surface area contributed by atoms with E-state index in [9.17, 15) is 14.0 Å². The normalized spacial score (nSPS) is 11.1. The fourth-order valence-electron chi connectivity index (χ4n) is 3.78. The number of hydrogen-bond acceptors (Lipinski definition) is 6. The van der Waals surface area contributed by atoms with Crippen LogP contribution < -0.4 is 15.7 Å². The molecule has 0 unspecified atom stereocenters. The number of para-hydroxylation sites is 1. The minimum absolute atomic E-state index is 0.200. The molecule has 0 fully saturated rings. The fourth-order valence-corrected chi connectivity index (χ4v) is 3.78. The Morgan fingerprint density at radius 3 is 2.60 bits per heavy atom. The van der Waals surface area contributed by atoms with Crippen LogP contribution in [0.1, 0.15) is 5.69 Å². The van der Waals surface area contributed by atoms with Gasteiger partial charge in [-0.15, -0.1) is 0 Å². The number of fused-ring (bicyclic) bond motifs is 3. The molecule has 1 amide bonds. The highest BCUT2D eigenvalue weighted by atomic mass is 19.1. The molecule has 2 aromatic carbocycles. The minimum Gasteiger partial charge on any atom is -0.484 e. The summed E-state index contributed by atoms with van der Waals surface area (Å²) in [4.78, 5) is 29.9. The molecule has 0 saturated heterocycles. The number of ether oxygens (including phenoxy) is 2. The van der Waals surface area contributed by atoms with E-state index in [2.05, 4.69) is 15.5 Å². The van der Waals surface area contributed by atoms with Gasteiger partial charge >= 0.3 is 0 Å². The van der Waals surface area contributed by atoms with Crippen LogP contribution in [0.2, 0.25) is 0 Å². The molecule has 5 rings (SSSR count). The molecule has 3 heterocycles. The van der Waals surface area contributed by atoms with Crippen LogP contribution in [0, 0.1) is 5.82 Å². The van der Waals surface area contributed by atoms with Gasteiger partial charge in [-0.3, -0.25) is 15.0 Å². The van der Waals surface area contributed by atoms with E-state index in [1.165, 1.54) is 24.5 Å². The van der Waals surface area contributed by atoms with Crippen LogP contribution in [-0.4, -0.2) is 38.9 Å². The van der Waals surface area contributed by atoms with Gasteiger partial charge in [0.15, 0.2) is 12.3 Å². The molecule has 0 atom stereocenters. The van der Waals surface area contributed by atoms with Crippen LogP contribution in [0.4, 0.5) is 4.39 Å². The van der Waals surface area contributed by atoms with Crippen LogP contribution in [0.3, 0.4) is 0 Å². The van der Waals surface area contributed by atoms with Gasteiger partial charge in [0.1, 0.15) is 11.6 Å². The van der Waals surface area contributed by atoms with E-state index >= 15 is 0 Å². The van der Waals surface area contributed by atoms with E-state index < -0.39 is 11.5 Å². The summed E-state index contributed by atoms with van der Waals surface area (Å²) in [6, 6.07) is 16.6. The Kier molecular flexibility index (Phi) is 5.94. The molecule has 0 aliphatic rings. The molecule has 5 aromatic rings. The van der Waals surface area contributed by atoms with Gasteiger partial charge in [0.2, 0.25) is 0 Å². The molecule has 9 nitrogen and oxygen atoms in total. The van der Waals surface area contributed by atoms with Crippen LogP contribution in [0.5, 0.6) is 5.75 Å². The quantitative estimate of drug-likeness (QED) is 0.390. The Morgan fingerprint density at radius 1 is 1.09 bits per heavy atom. The minimum atomic E-state index is -0.496. The number of carbonyl (C=O) groups excluding carboxylic acids is 1. The van der Waals surface area contributed by atoms with Gasteiger partial charge in [-0.2, -0.15) is 5.10 Å². The SMILES string of the molecule is COCc1nn2c(ncc3c(=O)n(NC(=O)COc4ccccc4)ccc32)c1-c1ccc(F)cc1. The molecule has 1 N–H and O–H groups in total. The summed E-state index contributed by atoms with van der Waals surface area (Å²) in [5.74, 6) is -0.305. The predicted molar refractivity (Wildman–Crippen MR) is 127 cm³/mol. The summed E-state index contributed by atoms with van der Waals surface area (Å²) in [6.45, 7) is -0.0571. The van der Waals surface area contributed by atoms with Crippen molar-refractivity contribution >= 4 is 22.5 Å². The summed E-state index contributed by atoms with van der Waals surface area (Å²) in [6.07, 6.45) is 2.88. The van der Waals surface area contributed by atoms with Crippen molar-refractivity contribution in [2.45, 2.75) is 6.61 Å². The van der Waals surface area contributed by atoms with Gasteiger partial charge in [0, 0.05) is 19.5 Å². The van der Waals surface area contributed by atoms with Crippen LogP contribution in [-0.2, 0) is 16.1 Å². The highest BCUT2D eigenvalue weighted by molar-refractivity contribution is 5.88. The molecule has 0 spiro atoms. The number of nitrogens with zero attached hydrogens (tertiary/aromatic N) is 4. The smallest absolute Gasteiger partial charge is 0.280 e. The molecular formula is C25H20FN5O4. The second kappa shape index (κ2) is 9.35. The van der Waals surface area contributed by atoms with Crippen molar-refractivity contribution in [1.29, 1.82) is 0 Å². The topological polar surface area (TPSA) is 99.8 Å². The molecule has 0 saturated carbocycles. The maximum Gasteiger partial charge on any atom is 0.280 e. The second-order valence-electron chi connectivity index (χ2n) is 7.68. The van der Waals surface area contributed by atoms with E-state index in [4.69, 9.17) is 9.47 Å². The summed E-state index contributed by atoms with van der Waals surface area (Å²) < 4.78 is 26.8. The molecule has 3 aromatic heterocycles. The van der Waals surface area contributed by atoms with Crippen molar-refractivity contribution in [2.75, 3.05) is 19.1 Å². The maximum atomic E-state index is 13.5. The van der Waals surface area contributed by atoms with Crippen molar-refractivity contribution in [1.82, 2.24) is 19.3 Å². The number of methoxy groups -OCH3 is 1. The number of pyridine rings is 1. The number of amides is 1. The average molecular weight is 473 g/mol. The third-order valence-corrected chi connectivity index (χ3v) is 5.36. The molecule has 0 radical (unpaired) electrons. The third-order valence-electron chi connectivity index (χ3n) is 5.36. The van der Waals surface area contributed by atoms with Gasteiger partial charge in [0.25, 0.3) is 11.5 Å². The van der Waals surface area contributed by atoms with Crippen molar-refractivity contribution < 1.29 is 18.7 Å². The Morgan fingerprint density at radius 2 is 1.86 bits per heavy atom. The first kappa shape index (κ1) is 22.2. The van der Waals surface area contributed by atoms with E-state index in [0.29, 0.717) is 28.2 Å². The van der Waals surface area contributed by atoms with Crippen LogP contribution in [0.25, 0.3) is 27.7 Å². The Bertz CT molecular complexity index is 1580. The molecule has 35 heavy (non-hydrogen) atoms. The zero-order valence-electron chi connectivity index (χ0n) is 18.6. The first-order valence-corrected chi connectivity index (χ1v) is 10.7. The number of benzene rings is 2. The van der Waals surface area contributed by atoms with Crippen LogP contribution in [0.15, 0.2) is 77.9 Å². The molecule has 0 bridgehead atoms. The number of hydrogen-bond donors (Lipinski definition) is 1. The second-order valence-corrected chi connectivity index (χ2v) is 7.68. The van der Waals surface area contributed by atoms with E-state index in [1.807, 2.05) is 6.07 Å².